The molecular formula is C16H13F3N4S. The quantitative estimate of drug-likeness (QED) is 0.841. The number of nitrogens with zero attached hydrogens (tertiary/aromatic N) is 3. The Kier molecular flexibility index (Phi) is 5.36. The monoisotopic (exact) mass is 350 g/mol. The summed E-state index contributed by atoms with van der Waals surface area (Å²) in [6.07, 6.45) is -1.39. The summed E-state index contributed by atoms with van der Waals surface area (Å²) in [4.78, 5) is 5.70. The van der Waals surface area contributed by atoms with Crippen molar-refractivity contribution in [2.45, 2.75) is 13.1 Å². The molecule has 8 heteroatoms. The van der Waals surface area contributed by atoms with E-state index in [0.717, 1.165) is 17.8 Å². The van der Waals surface area contributed by atoms with Crippen LogP contribution in [0.4, 0.5) is 24.5 Å². The second-order valence-corrected chi connectivity index (χ2v) is 5.14. The molecule has 0 aliphatic carbocycles. The first-order valence-electron chi connectivity index (χ1n) is 6.96. The van der Waals surface area contributed by atoms with Crippen LogP contribution >= 0.6 is 12.2 Å². The van der Waals surface area contributed by atoms with Gasteiger partial charge < -0.3 is 10.2 Å². The Morgan fingerprint density at radius 3 is 2.67 bits per heavy atom. The summed E-state index contributed by atoms with van der Waals surface area (Å²) >= 11 is 5.28. The van der Waals surface area contributed by atoms with Crippen LogP contribution in [-0.2, 0) is 6.18 Å². The first-order chi connectivity index (χ1) is 11.4. The van der Waals surface area contributed by atoms with Gasteiger partial charge in [-0.25, -0.2) is 0 Å². The maximum Gasteiger partial charge on any atom is 0.417 e. The van der Waals surface area contributed by atoms with Crippen LogP contribution in [0.1, 0.15) is 18.1 Å². The molecule has 0 unspecified atom stereocenters. The molecule has 2 aromatic rings. The molecule has 1 N–H and O–H groups in total. The van der Waals surface area contributed by atoms with Crippen molar-refractivity contribution in [3.8, 4) is 6.07 Å². The van der Waals surface area contributed by atoms with Crippen LogP contribution in [0.5, 0.6) is 0 Å². The second kappa shape index (κ2) is 7.27. The Morgan fingerprint density at radius 1 is 1.38 bits per heavy atom. The Morgan fingerprint density at radius 2 is 2.12 bits per heavy atom. The lowest BCUT2D eigenvalue weighted by molar-refractivity contribution is -0.137. The van der Waals surface area contributed by atoms with Gasteiger partial charge >= 0.3 is 6.18 Å². The molecular weight excluding hydrogens is 337 g/mol. The number of hydrogen-bond donors (Lipinski definition) is 1. The number of alkyl halides is 3. The fourth-order valence-electron chi connectivity index (χ4n) is 2.10. The van der Waals surface area contributed by atoms with Gasteiger partial charge in [-0.2, -0.15) is 18.4 Å². The number of rotatable bonds is 3. The number of pyridine rings is 1. The molecule has 0 saturated carbocycles. The Labute approximate surface area is 142 Å². The fourth-order valence-corrected chi connectivity index (χ4v) is 2.45. The molecule has 0 spiro atoms. The summed E-state index contributed by atoms with van der Waals surface area (Å²) in [7, 11) is 0. The molecule has 2 rings (SSSR count). The van der Waals surface area contributed by atoms with E-state index in [0.29, 0.717) is 6.54 Å². The van der Waals surface area contributed by atoms with Crippen molar-refractivity contribution in [2.75, 3.05) is 16.8 Å². The molecule has 0 bridgehead atoms. The average molecular weight is 350 g/mol. The van der Waals surface area contributed by atoms with Crippen molar-refractivity contribution in [3.05, 3.63) is 53.9 Å². The maximum atomic E-state index is 13.0. The molecule has 1 heterocycles. The fraction of sp³-hybridized carbons (Fsp3) is 0.188. The van der Waals surface area contributed by atoms with Gasteiger partial charge in [0.2, 0.25) is 0 Å². The van der Waals surface area contributed by atoms with Crippen molar-refractivity contribution in [3.63, 3.8) is 0 Å². The van der Waals surface area contributed by atoms with Gasteiger partial charge in [0, 0.05) is 18.4 Å². The van der Waals surface area contributed by atoms with Gasteiger partial charge in [-0.05, 0) is 49.5 Å². The van der Waals surface area contributed by atoms with Crippen LogP contribution in [0.2, 0.25) is 0 Å². The number of nitrogens with one attached hydrogen (secondary N) is 1. The average Bonchev–Trinajstić information content (AvgIpc) is 2.55. The zero-order valence-corrected chi connectivity index (χ0v) is 13.4. The number of halogens is 3. The molecule has 0 radical (unpaired) electrons. The summed E-state index contributed by atoms with van der Waals surface area (Å²) in [6, 6.07) is 8.46. The number of nitriles is 1. The van der Waals surface area contributed by atoms with Gasteiger partial charge in [-0.3, -0.25) is 4.98 Å². The molecule has 0 aliphatic rings. The Balaban J connectivity index is 2.27. The minimum absolute atomic E-state index is 0.161. The predicted octanol–water partition coefficient (Wildman–Crippen LogP) is 4.20. The third kappa shape index (κ3) is 4.00. The van der Waals surface area contributed by atoms with Crippen molar-refractivity contribution in [2.24, 2.45) is 0 Å². The molecule has 0 aliphatic heterocycles. The van der Waals surface area contributed by atoms with Crippen LogP contribution in [-0.4, -0.2) is 16.6 Å². The predicted molar refractivity (Wildman–Crippen MR) is 89.6 cm³/mol. The van der Waals surface area contributed by atoms with Crippen LogP contribution in [0, 0.1) is 11.3 Å². The van der Waals surface area contributed by atoms with Crippen LogP contribution in [0.3, 0.4) is 0 Å². The van der Waals surface area contributed by atoms with Crippen LogP contribution in [0.15, 0.2) is 42.7 Å². The van der Waals surface area contributed by atoms with E-state index in [-0.39, 0.29) is 10.8 Å². The molecule has 0 atom stereocenters. The highest BCUT2D eigenvalue weighted by Gasteiger charge is 2.34. The van der Waals surface area contributed by atoms with E-state index >= 15 is 0 Å². The summed E-state index contributed by atoms with van der Waals surface area (Å²) < 4.78 is 39.0. The van der Waals surface area contributed by atoms with Crippen molar-refractivity contribution >= 4 is 28.7 Å². The smallest absolute Gasteiger partial charge is 0.332 e. The third-order valence-electron chi connectivity index (χ3n) is 3.22. The standard InChI is InChI=1S/C16H13F3N4S/c1-2-23(13-4-3-7-21-10-13)15(24)22-12-6-5-11(9-20)14(8-12)16(17,18)19/h3-8,10H,2H2,1H3,(H,22,24). The molecule has 0 saturated heterocycles. The molecule has 4 nitrogen and oxygen atoms in total. The number of hydrogen-bond acceptors (Lipinski definition) is 3. The van der Waals surface area contributed by atoms with Crippen LogP contribution < -0.4 is 10.2 Å². The van der Waals surface area contributed by atoms with E-state index in [1.54, 1.807) is 35.5 Å². The maximum absolute atomic E-state index is 13.0. The highest BCUT2D eigenvalue weighted by molar-refractivity contribution is 7.80. The number of aromatic nitrogens is 1. The van der Waals surface area contributed by atoms with Crippen LogP contribution in [0.25, 0.3) is 0 Å². The van der Waals surface area contributed by atoms with Gasteiger partial charge in [-0.15, -0.1) is 0 Å². The molecule has 124 valence electrons. The van der Waals surface area contributed by atoms with Crippen molar-refractivity contribution < 1.29 is 13.2 Å². The molecule has 1 aromatic heterocycles. The summed E-state index contributed by atoms with van der Waals surface area (Å²) in [5.74, 6) is 0. The van der Waals surface area contributed by atoms with Gasteiger partial charge in [0.05, 0.1) is 29.1 Å². The first-order valence-corrected chi connectivity index (χ1v) is 7.37. The van der Waals surface area contributed by atoms with Gasteiger partial charge in [0.25, 0.3) is 0 Å². The minimum atomic E-state index is -4.61. The largest absolute Gasteiger partial charge is 0.417 e. The van der Waals surface area contributed by atoms with E-state index in [1.165, 1.54) is 6.07 Å². The highest BCUT2D eigenvalue weighted by atomic mass is 32.1. The van der Waals surface area contributed by atoms with Gasteiger partial charge in [0.15, 0.2) is 5.11 Å². The minimum Gasteiger partial charge on any atom is -0.332 e. The first kappa shape index (κ1) is 17.7. The summed E-state index contributed by atoms with van der Waals surface area (Å²) in [5, 5.41) is 11.8. The molecule has 24 heavy (non-hydrogen) atoms. The van der Waals surface area contributed by atoms with E-state index in [1.807, 2.05) is 6.92 Å². The van der Waals surface area contributed by atoms with Crippen molar-refractivity contribution in [1.29, 1.82) is 5.26 Å². The van der Waals surface area contributed by atoms with Gasteiger partial charge in [0.1, 0.15) is 0 Å². The second-order valence-electron chi connectivity index (χ2n) is 4.76. The Bertz CT molecular complexity index is 769. The lowest BCUT2D eigenvalue weighted by Gasteiger charge is -2.24. The lowest BCUT2D eigenvalue weighted by atomic mass is 10.1. The van der Waals surface area contributed by atoms with E-state index < -0.39 is 17.3 Å². The number of thiocarbonyl (C=S) groups is 1. The molecule has 1 aromatic carbocycles. The highest BCUT2D eigenvalue weighted by Crippen LogP contribution is 2.33. The number of anilines is 2. The van der Waals surface area contributed by atoms with E-state index in [2.05, 4.69) is 10.3 Å². The lowest BCUT2D eigenvalue weighted by Crippen LogP contribution is -2.34. The zero-order valence-electron chi connectivity index (χ0n) is 12.6. The summed E-state index contributed by atoms with van der Waals surface area (Å²) in [5.41, 5.74) is -0.545. The molecule has 0 amide bonds. The van der Waals surface area contributed by atoms with E-state index in [4.69, 9.17) is 17.5 Å². The zero-order chi connectivity index (χ0) is 17.7. The van der Waals surface area contributed by atoms with Gasteiger partial charge in [-0.1, -0.05) is 0 Å². The van der Waals surface area contributed by atoms with Crippen molar-refractivity contribution in [1.82, 2.24) is 4.98 Å². The Hall–Kier alpha value is -2.66. The topological polar surface area (TPSA) is 52.0 Å². The molecule has 0 fully saturated rings. The SMILES string of the molecule is CCN(C(=S)Nc1ccc(C#N)c(C(F)(F)F)c1)c1cccnc1. The van der Waals surface area contributed by atoms with E-state index in [9.17, 15) is 13.2 Å². The third-order valence-corrected chi connectivity index (χ3v) is 3.54. The normalized spacial score (nSPS) is 10.8. The summed E-state index contributed by atoms with van der Waals surface area (Å²) in [6.45, 7) is 2.38. The number of benzene rings is 1.